The molecule has 1 aliphatic heterocycles. The molecule has 2 unspecified atom stereocenters. The summed E-state index contributed by atoms with van der Waals surface area (Å²) in [5.74, 6) is -0.593. The zero-order chi connectivity index (χ0) is 21.0. The maximum Gasteiger partial charge on any atom is 0.306 e. The van der Waals surface area contributed by atoms with Crippen molar-refractivity contribution in [2.75, 3.05) is 13.2 Å². The van der Waals surface area contributed by atoms with Crippen molar-refractivity contribution in [2.45, 2.75) is 31.2 Å². The lowest BCUT2D eigenvalue weighted by molar-refractivity contribution is -0.143. The van der Waals surface area contributed by atoms with Gasteiger partial charge in [-0.3, -0.25) is 4.79 Å². The van der Waals surface area contributed by atoms with Gasteiger partial charge in [-0.05, 0) is 42.1 Å². The predicted molar refractivity (Wildman–Crippen MR) is 116 cm³/mol. The van der Waals surface area contributed by atoms with Crippen LogP contribution in [-0.2, 0) is 19.6 Å². The van der Waals surface area contributed by atoms with Gasteiger partial charge in [-0.15, -0.1) is 0 Å². The minimum Gasteiger partial charge on any atom is -0.466 e. The molecule has 1 saturated heterocycles. The van der Waals surface area contributed by atoms with Crippen LogP contribution in [0.2, 0.25) is 0 Å². The fraction of sp³-hybridized carbons (Fsp3) is 0.318. The summed E-state index contributed by atoms with van der Waals surface area (Å²) in [5, 5.41) is 0. The normalized spacial score (nSPS) is 21.4. The Labute approximate surface area is 180 Å². The van der Waals surface area contributed by atoms with E-state index in [4.69, 9.17) is 4.74 Å². The molecule has 3 rings (SSSR count). The Morgan fingerprint density at radius 1 is 1.17 bits per heavy atom. The largest absolute Gasteiger partial charge is 0.466 e. The van der Waals surface area contributed by atoms with E-state index in [2.05, 4.69) is 15.9 Å². The van der Waals surface area contributed by atoms with Gasteiger partial charge in [0.05, 0.1) is 24.0 Å². The van der Waals surface area contributed by atoms with E-state index in [0.717, 1.165) is 16.7 Å². The Bertz CT molecular complexity index is 987. The Kier molecular flexibility index (Phi) is 6.93. The zero-order valence-corrected chi connectivity index (χ0v) is 18.8. The molecule has 0 amide bonds. The van der Waals surface area contributed by atoms with E-state index >= 15 is 0 Å². The van der Waals surface area contributed by atoms with Crippen molar-refractivity contribution in [3.8, 4) is 0 Å². The van der Waals surface area contributed by atoms with Gasteiger partial charge in [0.2, 0.25) is 10.0 Å². The number of esters is 1. The molecule has 0 radical (unpaired) electrons. The van der Waals surface area contributed by atoms with Gasteiger partial charge in [-0.2, -0.15) is 4.31 Å². The molecule has 5 nitrogen and oxygen atoms in total. The summed E-state index contributed by atoms with van der Waals surface area (Å²) in [6, 6.07) is 15.8. The molecular weight excluding hydrogens is 454 g/mol. The highest BCUT2D eigenvalue weighted by atomic mass is 79.9. The summed E-state index contributed by atoms with van der Waals surface area (Å²) in [4.78, 5) is 14.1. The molecule has 29 heavy (non-hydrogen) atoms. The van der Waals surface area contributed by atoms with E-state index < -0.39 is 16.1 Å². The van der Waals surface area contributed by atoms with E-state index in [-0.39, 0.29) is 29.7 Å². The molecule has 0 spiro atoms. The SMILES string of the molecule is CCOC(=O)CC1CN(S(=O)(=O)c2ccc(C)cc2)C(c2ccccc2)/C1=C/Br. The summed E-state index contributed by atoms with van der Waals surface area (Å²) in [6.45, 7) is 4.19. The molecule has 1 fully saturated rings. The van der Waals surface area contributed by atoms with E-state index in [1.54, 1.807) is 36.2 Å². The Hall–Kier alpha value is -1.96. The lowest BCUT2D eigenvalue weighted by Gasteiger charge is -2.25. The van der Waals surface area contributed by atoms with Gasteiger partial charge in [-0.25, -0.2) is 8.42 Å². The average molecular weight is 478 g/mol. The van der Waals surface area contributed by atoms with Crippen molar-refractivity contribution in [1.82, 2.24) is 4.31 Å². The van der Waals surface area contributed by atoms with Crippen LogP contribution in [0.3, 0.4) is 0 Å². The van der Waals surface area contributed by atoms with Crippen molar-refractivity contribution < 1.29 is 17.9 Å². The number of hydrogen-bond donors (Lipinski definition) is 0. The molecule has 1 aliphatic rings. The summed E-state index contributed by atoms with van der Waals surface area (Å²) in [7, 11) is -3.76. The van der Waals surface area contributed by atoms with Gasteiger partial charge in [0.25, 0.3) is 0 Å². The molecule has 154 valence electrons. The Morgan fingerprint density at radius 2 is 1.83 bits per heavy atom. The maximum absolute atomic E-state index is 13.5. The lowest BCUT2D eigenvalue weighted by atomic mass is 9.93. The first-order valence-corrected chi connectivity index (χ1v) is 11.8. The lowest BCUT2D eigenvalue weighted by Crippen LogP contribution is -2.31. The van der Waals surface area contributed by atoms with E-state index in [1.165, 1.54) is 4.31 Å². The van der Waals surface area contributed by atoms with Gasteiger partial charge in [-0.1, -0.05) is 64.0 Å². The van der Waals surface area contributed by atoms with Crippen LogP contribution in [0.1, 0.15) is 30.5 Å². The first-order chi connectivity index (χ1) is 13.9. The maximum atomic E-state index is 13.5. The number of benzene rings is 2. The second-order valence-corrected chi connectivity index (χ2v) is 9.36. The third kappa shape index (κ3) is 4.63. The van der Waals surface area contributed by atoms with Gasteiger partial charge >= 0.3 is 5.97 Å². The smallest absolute Gasteiger partial charge is 0.306 e. The van der Waals surface area contributed by atoms with E-state index in [1.807, 2.05) is 37.3 Å². The van der Waals surface area contributed by atoms with Crippen molar-refractivity contribution in [3.05, 3.63) is 76.3 Å². The third-order valence-corrected chi connectivity index (χ3v) is 7.44. The number of hydrogen-bond acceptors (Lipinski definition) is 4. The van der Waals surface area contributed by atoms with Gasteiger partial charge in [0.15, 0.2) is 0 Å². The molecule has 0 bridgehead atoms. The van der Waals surface area contributed by atoms with Crippen LogP contribution in [-0.4, -0.2) is 31.8 Å². The van der Waals surface area contributed by atoms with Gasteiger partial charge < -0.3 is 4.74 Å². The summed E-state index contributed by atoms with van der Waals surface area (Å²) in [5.41, 5.74) is 2.70. The number of carbonyl (C=O) groups is 1. The van der Waals surface area contributed by atoms with Crippen LogP contribution in [0.25, 0.3) is 0 Å². The Morgan fingerprint density at radius 3 is 2.41 bits per heavy atom. The second-order valence-electron chi connectivity index (χ2n) is 7.02. The number of ether oxygens (including phenoxy) is 1. The highest BCUT2D eigenvalue weighted by molar-refractivity contribution is 9.11. The Balaban J connectivity index is 2.05. The van der Waals surface area contributed by atoms with Crippen LogP contribution in [0.4, 0.5) is 0 Å². The minimum atomic E-state index is -3.76. The molecule has 7 heteroatoms. The summed E-state index contributed by atoms with van der Waals surface area (Å²) >= 11 is 3.41. The van der Waals surface area contributed by atoms with Crippen molar-refractivity contribution in [2.24, 2.45) is 5.92 Å². The van der Waals surface area contributed by atoms with Crippen LogP contribution >= 0.6 is 15.9 Å². The minimum absolute atomic E-state index is 0.133. The number of sulfonamides is 1. The highest BCUT2D eigenvalue weighted by Gasteiger charge is 2.45. The molecule has 2 atom stereocenters. The van der Waals surface area contributed by atoms with Crippen LogP contribution in [0.5, 0.6) is 0 Å². The zero-order valence-electron chi connectivity index (χ0n) is 16.4. The molecule has 0 N–H and O–H groups in total. The second kappa shape index (κ2) is 9.24. The fourth-order valence-corrected chi connectivity index (χ4v) is 5.92. The fourth-order valence-electron chi connectivity index (χ4n) is 3.65. The van der Waals surface area contributed by atoms with Gasteiger partial charge in [0.1, 0.15) is 0 Å². The molecule has 2 aromatic carbocycles. The number of carbonyl (C=O) groups excluding carboxylic acids is 1. The van der Waals surface area contributed by atoms with Crippen LogP contribution in [0.15, 0.2) is 70.1 Å². The molecule has 0 aromatic heterocycles. The number of rotatable bonds is 6. The number of nitrogens with zero attached hydrogens (tertiary/aromatic N) is 1. The number of aryl methyl sites for hydroxylation is 1. The summed E-state index contributed by atoms with van der Waals surface area (Å²) < 4.78 is 33.6. The molecule has 0 saturated carbocycles. The third-order valence-electron chi connectivity index (χ3n) is 5.06. The van der Waals surface area contributed by atoms with Crippen molar-refractivity contribution in [1.29, 1.82) is 0 Å². The van der Waals surface area contributed by atoms with Crippen LogP contribution in [0, 0.1) is 12.8 Å². The molecule has 0 aliphatic carbocycles. The average Bonchev–Trinajstić information content (AvgIpc) is 3.08. The van der Waals surface area contributed by atoms with E-state index in [9.17, 15) is 13.2 Å². The van der Waals surface area contributed by atoms with E-state index in [0.29, 0.717) is 6.61 Å². The molecular formula is C22H24BrNO4S. The first kappa shape index (κ1) is 21.7. The molecule has 1 heterocycles. The number of halogens is 1. The highest BCUT2D eigenvalue weighted by Crippen LogP contribution is 2.45. The predicted octanol–water partition coefficient (Wildman–Crippen LogP) is 4.59. The van der Waals surface area contributed by atoms with Gasteiger partial charge in [0, 0.05) is 12.5 Å². The van der Waals surface area contributed by atoms with Crippen molar-refractivity contribution in [3.63, 3.8) is 0 Å². The monoisotopic (exact) mass is 477 g/mol. The topological polar surface area (TPSA) is 63.7 Å². The first-order valence-electron chi connectivity index (χ1n) is 9.47. The standard InChI is InChI=1S/C22H24BrNO4S/c1-3-28-21(25)13-18-15-24(29(26,27)19-11-9-16(2)10-12-19)22(20(18)14-23)17-7-5-4-6-8-17/h4-12,14,18,22H,3,13,15H2,1-2H3/b20-14+. The van der Waals surface area contributed by atoms with Crippen molar-refractivity contribution >= 4 is 31.9 Å². The van der Waals surface area contributed by atoms with Crippen LogP contribution < -0.4 is 0 Å². The quantitative estimate of drug-likeness (QED) is 0.570. The molecule has 2 aromatic rings. The summed E-state index contributed by atoms with van der Waals surface area (Å²) in [6.07, 6.45) is 0.133.